The van der Waals surface area contributed by atoms with Crippen molar-refractivity contribution in [2.45, 2.75) is 78.1 Å². The van der Waals surface area contributed by atoms with Crippen molar-refractivity contribution in [2.75, 3.05) is 13.2 Å². The Labute approximate surface area is 159 Å². The molecule has 0 heterocycles. The minimum absolute atomic E-state index is 0.238. The van der Waals surface area contributed by atoms with E-state index in [1.54, 1.807) is 0 Å². The molecule has 0 aromatic heterocycles. The van der Waals surface area contributed by atoms with Gasteiger partial charge in [-0.1, -0.05) is 63.8 Å². The predicted molar refractivity (Wildman–Crippen MR) is 105 cm³/mol. The van der Waals surface area contributed by atoms with Gasteiger partial charge in [0.2, 0.25) is 0 Å². The van der Waals surface area contributed by atoms with Crippen LogP contribution < -0.4 is 0 Å². The normalized spacial score (nSPS) is 20.5. The largest absolute Gasteiger partial charge is 0.465 e. The molecule has 4 nitrogen and oxygen atoms in total. The van der Waals surface area contributed by atoms with Gasteiger partial charge in [-0.3, -0.25) is 9.59 Å². The summed E-state index contributed by atoms with van der Waals surface area (Å²) in [6.07, 6.45) is 17.5. The lowest BCUT2D eigenvalue weighted by Gasteiger charge is -2.28. The number of carbonyl (C=O) groups is 2. The molecule has 1 saturated carbocycles. The quantitative estimate of drug-likeness (QED) is 0.265. The Morgan fingerprint density at radius 3 is 1.50 bits per heavy atom. The second kappa shape index (κ2) is 14.6. The van der Waals surface area contributed by atoms with Crippen LogP contribution in [0.15, 0.2) is 24.3 Å². The third kappa shape index (κ3) is 9.21. The fourth-order valence-electron chi connectivity index (χ4n) is 3.17. The maximum absolute atomic E-state index is 12.4. The van der Waals surface area contributed by atoms with Crippen molar-refractivity contribution < 1.29 is 19.1 Å². The van der Waals surface area contributed by atoms with Gasteiger partial charge in [0, 0.05) is 0 Å². The van der Waals surface area contributed by atoms with E-state index in [-0.39, 0.29) is 23.8 Å². The lowest BCUT2D eigenvalue weighted by molar-refractivity contribution is -0.162. The van der Waals surface area contributed by atoms with Crippen LogP contribution in [0, 0.1) is 11.8 Å². The summed E-state index contributed by atoms with van der Waals surface area (Å²) in [6.45, 7) is 5.04. The summed E-state index contributed by atoms with van der Waals surface area (Å²) >= 11 is 0. The van der Waals surface area contributed by atoms with E-state index in [1.807, 2.05) is 0 Å². The summed E-state index contributed by atoms with van der Waals surface area (Å²) < 4.78 is 10.8. The van der Waals surface area contributed by atoms with Crippen molar-refractivity contribution in [3.05, 3.63) is 24.3 Å². The van der Waals surface area contributed by atoms with E-state index in [0.29, 0.717) is 13.2 Å². The van der Waals surface area contributed by atoms with Crippen LogP contribution in [0.5, 0.6) is 0 Å². The molecular formula is C22H36O4. The molecule has 2 atom stereocenters. The zero-order valence-electron chi connectivity index (χ0n) is 16.6. The van der Waals surface area contributed by atoms with Gasteiger partial charge in [0.1, 0.15) is 0 Å². The number of ether oxygens (including phenoxy) is 2. The van der Waals surface area contributed by atoms with Crippen LogP contribution >= 0.6 is 0 Å². The van der Waals surface area contributed by atoms with Gasteiger partial charge in [0.15, 0.2) is 0 Å². The minimum atomic E-state index is -0.341. The van der Waals surface area contributed by atoms with Crippen molar-refractivity contribution in [3.63, 3.8) is 0 Å². The number of unbranched alkanes of at least 4 members (excludes halogenated alkanes) is 2. The Morgan fingerprint density at radius 1 is 0.731 bits per heavy atom. The van der Waals surface area contributed by atoms with Gasteiger partial charge in [-0.25, -0.2) is 0 Å². The second-order valence-corrected chi connectivity index (χ2v) is 6.93. The molecule has 0 amide bonds. The maximum Gasteiger partial charge on any atom is 0.309 e. The molecule has 1 aliphatic carbocycles. The highest BCUT2D eigenvalue weighted by Gasteiger charge is 2.37. The molecule has 2 unspecified atom stereocenters. The smallest absolute Gasteiger partial charge is 0.309 e. The van der Waals surface area contributed by atoms with Crippen LogP contribution in [-0.4, -0.2) is 25.2 Å². The first-order chi connectivity index (χ1) is 12.7. The summed E-state index contributed by atoms with van der Waals surface area (Å²) in [6, 6.07) is 0. The van der Waals surface area contributed by atoms with Crippen LogP contribution in [-0.2, 0) is 19.1 Å². The second-order valence-electron chi connectivity index (χ2n) is 6.93. The molecule has 0 saturated heterocycles. The average molecular weight is 365 g/mol. The highest BCUT2D eigenvalue weighted by molar-refractivity contribution is 5.82. The van der Waals surface area contributed by atoms with Crippen molar-refractivity contribution in [1.82, 2.24) is 0 Å². The number of esters is 2. The molecule has 4 heteroatoms. The van der Waals surface area contributed by atoms with Gasteiger partial charge < -0.3 is 9.47 Å². The van der Waals surface area contributed by atoms with Crippen molar-refractivity contribution in [3.8, 4) is 0 Å². The number of rotatable bonds is 12. The van der Waals surface area contributed by atoms with E-state index in [2.05, 4.69) is 38.2 Å². The summed E-state index contributed by atoms with van der Waals surface area (Å²) in [5.41, 5.74) is 0. The Bertz CT molecular complexity index is 411. The monoisotopic (exact) mass is 364 g/mol. The van der Waals surface area contributed by atoms with Crippen LogP contribution in [0.25, 0.3) is 0 Å². The van der Waals surface area contributed by atoms with E-state index >= 15 is 0 Å². The van der Waals surface area contributed by atoms with Crippen LogP contribution in [0.4, 0.5) is 0 Å². The Balaban J connectivity index is 2.37. The van der Waals surface area contributed by atoms with E-state index in [1.165, 1.54) is 0 Å². The van der Waals surface area contributed by atoms with E-state index in [4.69, 9.17) is 9.47 Å². The van der Waals surface area contributed by atoms with Crippen LogP contribution in [0.2, 0.25) is 0 Å². The lowest BCUT2D eigenvalue weighted by atomic mass is 9.79. The van der Waals surface area contributed by atoms with Gasteiger partial charge in [-0.15, -0.1) is 0 Å². The first-order valence-electron chi connectivity index (χ1n) is 10.3. The molecule has 1 aliphatic rings. The van der Waals surface area contributed by atoms with E-state index in [0.717, 1.165) is 64.2 Å². The van der Waals surface area contributed by atoms with Gasteiger partial charge in [-0.05, 0) is 38.5 Å². The molecule has 0 N–H and O–H groups in total. The third-order valence-electron chi connectivity index (χ3n) is 4.67. The Hall–Kier alpha value is -1.58. The SMILES string of the molecule is CCC/C=C/CCOC(=O)C1CCCCC1C(=O)OCC/C=C/CCC. The zero-order chi connectivity index (χ0) is 19.0. The predicted octanol–water partition coefficient (Wildman–Crippen LogP) is 5.37. The van der Waals surface area contributed by atoms with E-state index in [9.17, 15) is 9.59 Å². The van der Waals surface area contributed by atoms with Crippen LogP contribution in [0.3, 0.4) is 0 Å². The molecule has 1 fully saturated rings. The zero-order valence-corrected chi connectivity index (χ0v) is 16.6. The summed E-state index contributed by atoms with van der Waals surface area (Å²) in [5, 5.41) is 0. The standard InChI is InChI=1S/C22H36O4/c1-3-5-7-9-13-17-25-21(23)19-15-11-12-16-20(19)22(24)26-18-14-10-8-6-4-2/h7-10,19-20H,3-6,11-18H2,1-2H3/b9-7+,10-8+. The molecule has 0 aromatic rings. The summed E-state index contributed by atoms with van der Waals surface area (Å²) in [5.74, 6) is -1.16. The van der Waals surface area contributed by atoms with Gasteiger partial charge >= 0.3 is 11.9 Å². The van der Waals surface area contributed by atoms with Crippen LogP contribution in [0.1, 0.15) is 78.1 Å². The average Bonchev–Trinajstić information content (AvgIpc) is 2.67. The topological polar surface area (TPSA) is 52.6 Å². The molecule has 0 spiro atoms. The first kappa shape index (κ1) is 22.5. The van der Waals surface area contributed by atoms with Crippen molar-refractivity contribution in [1.29, 1.82) is 0 Å². The first-order valence-corrected chi connectivity index (χ1v) is 10.3. The highest BCUT2D eigenvalue weighted by Crippen LogP contribution is 2.32. The molecule has 26 heavy (non-hydrogen) atoms. The number of hydrogen-bond acceptors (Lipinski definition) is 4. The minimum Gasteiger partial charge on any atom is -0.465 e. The van der Waals surface area contributed by atoms with E-state index < -0.39 is 0 Å². The van der Waals surface area contributed by atoms with Crippen molar-refractivity contribution in [2.24, 2.45) is 11.8 Å². The number of hydrogen-bond donors (Lipinski definition) is 0. The number of carbonyl (C=O) groups excluding carboxylic acids is 2. The fraction of sp³-hybridized carbons (Fsp3) is 0.727. The lowest BCUT2D eigenvalue weighted by Crippen LogP contribution is -2.35. The third-order valence-corrected chi connectivity index (χ3v) is 4.67. The van der Waals surface area contributed by atoms with Gasteiger partial charge in [0.25, 0.3) is 0 Å². The van der Waals surface area contributed by atoms with Gasteiger partial charge in [-0.2, -0.15) is 0 Å². The summed E-state index contributed by atoms with van der Waals surface area (Å²) in [7, 11) is 0. The molecule has 0 radical (unpaired) electrons. The summed E-state index contributed by atoms with van der Waals surface area (Å²) in [4.78, 5) is 24.8. The Morgan fingerprint density at radius 2 is 1.12 bits per heavy atom. The molecular weight excluding hydrogens is 328 g/mol. The maximum atomic E-state index is 12.4. The highest BCUT2D eigenvalue weighted by atomic mass is 16.5. The molecule has 1 rings (SSSR count). The molecule has 0 bridgehead atoms. The Kier molecular flexibility index (Phi) is 12.6. The van der Waals surface area contributed by atoms with Gasteiger partial charge in [0.05, 0.1) is 25.0 Å². The molecule has 0 aromatic carbocycles. The number of allylic oxidation sites excluding steroid dienone is 2. The molecule has 0 aliphatic heterocycles. The van der Waals surface area contributed by atoms with Crippen molar-refractivity contribution >= 4 is 11.9 Å². The fourth-order valence-corrected chi connectivity index (χ4v) is 3.17. The molecule has 148 valence electrons.